The molecule has 3 aromatic rings. The molecule has 0 spiro atoms. The zero-order valence-corrected chi connectivity index (χ0v) is 17.2. The van der Waals surface area contributed by atoms with Crippen molar-refractivity contribution in [1.29, 1.82) is 0 Å². The molecule has 0 aliphatic carbocycles. The first-order valence-electron chi connectivity index (χ1n) is 9.62. The predicted octanol–water partition coefficient (Wildman–Crippen LogP) is 6.19. The highest BCUT2D eigenvalue weighted by Crippen LogP contribution is 2.32. The summed E-state index contributed by atoms with van der Waals surface area (Å²) in [6.07, 6.45) is 8.98. The Balaban J connectivity index is 1.63. The predicted molar refractivity (Wildman–Crippen MR) is 120 cm³/mol. The van der Waals surface area contributed by atoms with Gasteiger partial charge >= 0.3 is 0 Å². The van der Waals surface area contributed by atoms with Gasteiger partial charge in [-0.05, 0) is 54.5 Å². The van der Waals surface area contributed by atoms with Gasteiger partial charge in [-0.1, -0.05) is 59.5 Å². The summed E-state index contributed by atoms with van der Waals surface area (Å²) < 4.78 is 0. The number of hydrazine groups is 1. The summed E-state index contributed by atoms with van der Waals surface area (Å²) in [5, 5.41) is 8.60. The molecule has 0 radical (unpaired) electrons. The second-order valence-electron chi connectivity index (χ2n) is 7.09. The third-order valence-corrected chi connectivity index (χ3v) is 5.95. The standard InChI is InChI=1S/C24H22Cl2N2/c1-2-18-10-12-24(22-8-4-3-7-21(18)22)28-15-6-5-14-27(28)16-13-19-9-11-20(25)17-23(19)26/h1,3-4,7-12,17H,5-6,13-16H2. The smallest absolute Gasteiger partial charge is 0.0601 e. The van der Waals surface area contributed by atoms with E-state index in [0.29, 0.717) is 5.02 Å². The zero-order valence-electron chi connectivity index (χ0n) is 15.7. The van der Waals surface area contributed by atoms with Gasteiger partial charge in [0.15, 0.2) is 0 Å². The normalized spacial score (nSPS) is 15.0. The van der Waals surface area contributed by atoms with E-state index in [1.54, 1.807) is 0 Å². The summed E-state index contributed by atoms with van der Waals surface area (Å²) >= 11 is 12.4. The van der Waals surface area contributed by atoms with E-state index in [2.05, 4.69) is 46.3 Å². The maximum absolute atomic E-state index is 6.38. The largest absolute Gasteiger partial charge is 0.305 e. The second-order valence-corrected chi connectivity index (χ2v) is 7.94. The lowest BCUT2D eigenvalue weighted by atomic mass is 10.0. The lowest BCUT2D eigenvalue weighted by molar-refractivity contribution is 0.215. The van der Waals surface area contributed by atoms with Crippen LogP contribution in [0.5, 0.6) is 0 Å². The molecule has 4 heteroatoms. The number of hydrogen-bond acceptors (Lipinski definition) is 2. The number of benzene rings is 3. The van der Waals surface area contributed by atoms with Gasteiger partial charge < -0.3 is 5.01 Å². The topological polar surface area (TPSA) is 6.48 Å². The van der Waals surface area contributed by atoms with Crippen molar-refractivity contribution in [3.63, 3.8) is 0 Å². The van der Waals surface area contributed by atoms with Crippen LogP contribution in [0.4, 0.5) is 5.69 Å². The fourth-order valence-corrected chi connectivity index (χ4v) is 4.43. The molecule has 0 bridgehead atoms. The van der Waals surface area contributed by atoms with E-state index < -0.39 is 0 Å². The highest BCUT2D eigenvalue weighted by Gasteiger charge is 2.22. The molecule has 0 N–H and O–H groups in total. The first kappa shape index (κ1) is 19.2. The number of fused-ring (bicyclic) bond motifs is 1. The highest BCUT2D eigenvalue weighted by molar-refractivity contribution is 6.35. The second kappa shape index (κ2) is 8.45. The number of anilines is 1. The van der Waals surface area contributed by atoms with Gasteiger partial charge in [-0.2, -0.15) is 0 Å². The van der Waals surface area contributed by atoms with Gasteiger partial charge in [-0.15, -0.1) is 6.42 Å². The Morgan fingerprint density at radius 1 is 0.929 bits per heavy atom. The van der Waals surface area contributed by atoms with Crippen LogP contribution in [0.1, 0.15) is 24.0 Å². The molecule has 1 aliphatic rings. The summed E-state index contributed by atoms with van der Waals surface area (Å²) in [6.45, 7) is 2.96. The Kier molecular flexibility index (Phi) is 5.78. The van der Waals surface area contributed by atoms with E-state index in [4.69, 9.17) is 29.6 Å². The van der Waals surface area contributed by atoms with Gasteiger partial charge in [0.25, 0.3) is 0 Å². The van der Waals surface area contributed by atoms with Crippen molar-refractivity contribution in [2.45, 2.75) is 19.3 Å². The third kappa shape index (κ3) is 3.84. The molecule has 4 rings (SSSR count). The highest BCUT2D eigenvalue weighted by atomic mass is 35.5. The van der Waals surface area contributed by atoms with Gasteiger partial charge in [0, 0.05) is 40.6 Å². The number of hydrogen-bond donors (Lipinski definition) is 0. The van der Waals surface area contributed by atoms with Crippen LogP contribution in [0.2, 0.25) is 10.0 Å². The Hall–Kier alpha value is -2.18. The maximum atomic E-state index is 6.38. The molecule has 2 nitrogen and oxygen atoms in total. The molecule has 1 fully saturated rings. The van der Waals surface area contributed by atoms with E-state index in [9.17, 15) is 0 Å². The van der Waals surface area contributed by atoms with Crippen molar-refractivity contribution in [3.8, 4) is 12.3 Å². The van der Waals surface area contributed by atoms with Gasteiger partial charge in [0.2, 0.25) is 0 Å². The van der Waals surface area contributed by atoms with Crippen LogP contribution in [-0.4, -0.2) is 24.6 Å². The Morgan fingerprint density at radius 2 is 1.71 bits per heavy atom. The molecule has 0 atom stereocenters. The van der Waals surface area contributed by atoms with Crippen LogP contribution >= 0.6 is 23.2 Å². The van der Waals surface area contributed by atoms with Crippen LogP contribution in [0.15, 0.2) is 54.6 Å². The van der Waals surface area contributed by atoms with Crippen LogP contribution in [-0.2, 0) is 6.42 Å². The van der Waals surface area contributed by atoms with Crippen LogP contribution in [0.25, 0.3) is 10.8 Å². The first-order chi connectivity index (χ1) is 13.7. The molecule has 1 saturated heterocycles. The van der Waals surface area contributed by atoms with Gasteiger partial charge in [0.05, 0.1) is 5.69 Å². The molecular formula is C24H22Cl2N2. The number of halogens is 2. The van der Waals surface area contributed by atoms with E-state index in [1.807, 2.05) is 24.3 Å². The SMILES string of the molecule is C#Cc1ccc(N2CCCCN2CCc2ccc(Cl)cc2Cl)c2ccccc12. The monoisotopic (exact) mass is 408 g/mol. The Labute approximate surface area is 176 Å². The minimum absolute atomic E-state index is 0.674. The number of rotatable bonds is 4. The number of terminal acetylenes is 1. The summed E-state index contributed by atoms with van der Waals surface area (Å²) in [4.78, 5) is 0. The van der Waals surface area contributed by atoms with Crippen molar-refractivity contribution in [3.05, 3.63) is 75.8 Å². The van der Waals surface area contributed by atoms with Crippen LogP contribution in [0.3, 0.4) is 0 Å². The van der Waals surface area contributed by atoms with Crippen LogP contribution < -0.4 is 5.01 Å². The van der Waals surface area contributed by atoms with Gasteiger partial charge in [-0.3, -0.25) is 0 Å². The molecule has 0 unspecified atom stereocenters. The van der Waals surface area contributed by atoms with E-state index in [1.165, 1.54) is 23.9 Å². The van der Waals surface area contributed by atoms with Gasteiger partial charge in [-0.25, -0.2) is 5.01 Å². The minimum atomic E-state index is 0.674. The molecule has 0 aromatic heterocycles. The molecule has 28 heavy (non-hydrogen) atoms. The van der Waals surface area contributed by atoms with Crippen LogP contribution in [0, 0.1) is 12.3 Å². The lowest BCUT2D eigenvalue weighted by Gasteiger charge is -2.41. The minimum Gasteiger partial charge on any atom is -0.305 e. The lowest BCUT2D eigenvalue weighted by Crippen LogP contribution is -2.48. The summed E-state index contributed by atoms with van der Waals surface area (Å²) in [7, 11) is 0. The van der Waals surface area contributed by atoms with Crippen molar-refractivity contribution in [2.24, 2.45) is 0 Å². The molecule has 0 saturated carbocycles. The summed E-state index contributed by atoms with van der Waals surface area (Å²) in [5.41, 5.74) is 3.29. The molecule has 3 aromatic carbocycles. The summed E-state index contributed by atoms with van der Waals surface area (Å²) in [6, 6.07) is 18.4. The number of nitrogens with zero attached hydrogens (tertiary/aromatic N) is 2. The maximum Gasteiger partial charge on any atom is 0.0601 e. The van der Waals surface area contributed by atoms with Gasteiger partial charge in [0.1, 0.15) is 0 Å². The zero-order chi connectivity index (χ0) is 19.5. The van der Waals surface area contributed by atoms with Crippen molar-refractivity contribution in [2.75, 3.05) is 24.6 Å². The molecule has 142 valence electrons. The van der Waals surface area contributed by atoms with Crippen molar-refractivity contribution >= 4 is 39.7 Å². The summed E-state index contributed by atoms with van der Waals surface area (Å²) in [5.74, 6) is 2.81. The quantitative estimate of drug-likeness (QED) is 0.474. The average molecular weight is 409 g/mol. The fraction of sp³-hybridized carbons (Fsp3) is 0.250. The van der Waals surface area contributed by atoms with Crippen molar-refractivity contribution in [1.82, 2.24) is 5.01 Å². The van der Waals surface area contributed by atoms with E-state index in [0.717, 1.165) is 47.6 Å². The first-order valence-corrected chi connectivity index (χ1v) is 10.4. The Bertz CT molecular complexity index is 1040. The molecule has 0 amide bonds. The third-order valence-electron chi connectivity index (χ3n) is 5.37. The molecule has 1 heterocycles. The van der Waals surface area contributed by atoms with E-state index in [-0.39, 0.29) is 0 Å². The Morgan fingerprint density at radius 3 is 2.50 bits per heavy atom. The molecular weight excluding hydrogens is 387 g/mol. The van der Waals surface area contributed by atoms with Crippen molar-refractivity contribution < 1.29 is 0 Å². The fourth-order valence-electron chi connectivity index (χ4n) is 3.93. The average Bonchev–Trinajstić information content (AvgIpc) is 2.72. The van der Waals surface area contributed by atoms with E-state index >= 15 is 0 Å². The molecule has 1 aliphatic heterocycles.